The smallest absolute Gasteiger partial charge is 0.238 e. The largest absolute Gasteiger partial charge is 0.444 e. The first-order chi connectivity index (χ1) is 15.5. The fourth-order valence-corrected chi connectivity index (χ4v) is 3.80. The highest BCUT2D eigenvalue weighted by molar-refractivity contribution is 5.93. The number of hydrogen-bond acceptors (Lipinski definition) is 5. The van der Waals surface area contributed by atoms with Crippen LogP contribution in [0.25, 0.3) is 11.5 Å². The predicted octanol–water partition coefficient (Wildman–Crippen LogP) is 3.28. The van der Waals surface area contributed by atoms with E-state index < -0.39 is 0 Å². The molecule has 1 saturated heterocycles. The molecular formula is C25H28N4O3. The maximum Gasteiger partial charge on any atom is 0.238 e. The fraction of sp³-hybridized carbons (Fsp3) is 0.320. The van der Waals surface area contributed by atoms with Crippen molar-refractivity contribution >= 4 is 17.5 Å². The van der Waals surface area contributed by atoms with Crippen LogP contribution in [-0.4, -0.2) is 59.3 Å². The van der Waals surface area contributed by atoms with Gasteiger partial charge in [0.25, 0.3) is 0 Å². The van der Waals surface area contributed by atoms with Gasteiger partial charge in [-0.3, -0.25) is 14.5 Å². The van der Waals surface area contributed by atoms with E-state index in [1.807, 2.05) is 67.3 Å². The number of aromatic nitrogens is 1. The number of oxazole rings is 1. The molecular weight excluding hydrogens is 404 g/mol. The number of anilines is 1. The van der Waals surface area contributed by atoms with Crippen molar-refractivity contribution in [2.75, 3.05) is 38.0 Å². The van der Waals surface area contributed by atoms with Crippen LogP contribution in [0.2, 0.25) is 0 Å². The van der Waals surface area contributed by atoms with Gasteiger partial charge in [-0.05, 0) is 43.2 Å². The van der Waals surface area contributed by atoms with Crippen molar-refractivity contribution in [1.29, 1.82) is 0 Å². The number of rotatable bonds is 6. The quantitative estimate of drug-likeness (QED) is 0.647. The lowest BCUT2D eigenvalue weighted by molar-refractivity contribution is -0.132. The van der Waals surface area contributed by atoms with E-state index in [1.165, 1.54) is 0 Å². The maximum absolute atomic E-state index is 12.7. The van der Waals surface area contributed by atoms with E-state index in [4.69, 9.17) is 4.42 Å². The van der Waals surface area contributed by atoms with Crippen LogP contribution in [0.3, 0.4) is 0 Å². The second-order valence-corrected chi connectivity index (χ2v) is 8.14. The van der Waals surface area contributed by atoms with Crippen molar-refractivity contribution in [3.05, 3.63) is 71.6 Å². The summed E-state index contributed by atoms with van der Waals surface area (Å²) in [5.74, 6) is 0.514. The van der Waals surface area contributed by atoms with E-state index in [2.05, 4.69) is 15.2 Å². The number of benzene rings is 2. The van der Waals surface area contributed by atoms with Gasteiger partial charge >= 0.3 is 0 Å². The normalized spacial score (nSPS) is 14.4. The summed E-state index contributed by atoms with van der Waals surface area (Å²) < 4.78 is 5.53. The molecule has 1 aliphatic heterocycles. The molecule has 0 unspecified atom stereocenters. The number of carbonyl (C=O) groups is 2. The van der Waals surface area contributed by atoms with E-state index in [0.29, 0.717) is 44.3 Å². The molecule has 0 spiro atoms. The molecule has 1 N–H and O–H groups in total. The topological polar surface area (TPSA) is 78.7 Å². The fourth-order valence-electron chi connectivity index (χ4n) is 3.80. The summed E-state index contributed by atoms with van der Waals surface area (Å²) >= 11 is 0. The Morgan fingerprint density at radius 3 is 2.50 bits per heavy atom. The van der Waals surface area contributed by atoms with Crippen molar-refractivity contribution in [3.63, 3.8) is 0 Å². The molecule has 1 aromatic heterocycles. The molecule has 7 nitrogen and oxygen atoms in total. The van der Waals surface area contributed by atoms with E-state index in [1.54, 1.807) is 6.26 Å². The number of hydrogen-bond donors (Lipinski definition) is 1. The third-order valence-electron chi connectivity index (χ3n) is 5.88. The summed E-state index contributed by atoms with van der Waals surface area (Å²) in [6.45, 7) is 6.88. The third-order valence-corrected chi connectivity index (χ3v) is 5.88. The minimum atomic E-state index is -0.0329. The molecule has 1 fully saturated rings. The molecule has 0 radical (unpaired) electrons. The van der Waals surface area contributed by atoms with E-state index >= 15 is 0 Å². The van der Waals surface area contributed by atoms with Crippen LogP contribution < -0.4 is 5.32 Å². The highest BCUT2D eigenvalue weighted by atomic mass is 16.3. The lowest BCUT2D eigenvalue weighted by Crippen LogP contribution is -2.50. The Hall–Kier alpha value is -3.45. The first-order valence-electron chi connectivity index (χ1n) is 10.9. The van der Waals surface area contributed by atoms with Crippen molar-refractivity contribution in [1.82, 2.24) is 14.8 Å². The first kappa shape index (κ1) is 21.8. The van der Waals surface area contributed by atoms with Gasteiger partial charge < -0.3 is 14.6 Å². The zero-order valence-electron chi connectivity index (χ0n) is 18.5. The summed E-state index contributed by atoms with van der Waals surface area (Å²) in [5, 5.41) is 3.00. The van der Waals surface area contributed by atoms with Gasteiger partial charge in [-0.25, -0.2) is 4.98 Å². The lowest BCUT2D eigenvalue weighted by Gasteiger charge is -2.34. The highest BCUT2D eigenvalue weighted by Gasteiger charge is 2.23. The summed E-state index contributed by atoms with van der Waals surface area (Å²) in [4.78, 5) is 33.5. The van der Waals surface area contributed by atoms with E-state index in [9.17, 15) is 9.59 Å². The molecule has 2 amide bonds. The Morgan fingerprint density at radius 2 is 1.75 bits per heavy atom. The van der Waals surface area contributed by atoms with Gasteiger partial charge in [0.1, 0.15) is 6.26 Å². The Kier molecular flexibility index (Phi) is 6.66. The zero-order valence-corrected chi connectivity index (χ0v) is 18.5. The lowest BCUT2D eigenvalue weighted by atomic mass is 10.1. The van der Waals surface area contributed by atoms with Crippen LogP contribution in [0.4, 0.5) is 5.69 Å². The second kappa shape index (κ2) is 9.78. The molecule has 0 bridgehead atoms. The summed E-state index contributed by atoms with van der Waals surface area (Å²) in [7, 11) is 0. The van der Waals surface area contributed by atoms with Gasteiger partial charge in [0, 0.05) is 37.4 Å². The van der Waals surface area contributed by atoms with Crippen LogP contribution in [0, 0.1) is 13.8 Å². The van der Waals surface area contributed by atoms with E-state index in [-0.39, 0.29) is 18.2 Å². The number of piperazine rings is 1. The molecule has 0 atom stereocenters. The van der Waals surface area contributed by atoms with Crippen LogP contribution in [0.1, 0.15) is 16.8 Å². The monoisotopic (exact) mass is 432 g/mol. The standard InChI is InChI=1S/C25H28N4O3/c1-18-7-6-10-22(19(18)2)27-23(30)16-28-11-13-29(14-12-28)24(31)15-21-17-32-25(26-21)20-8-4-3-5-9-20/h3-10,17H,11-16H2,1-2H3,(H,27,30). The molecule has 166 valence electrons. The molecule has 1 aliphatic rings. The molecule has 3 aromatic rings. The van der Waals surface area contributed by atoms with Crippen molar-refractivity contribution in [2.45, 2.75) is 20.3 Å². The maximum atomic E-state index is 12.7. The minimum absolute atomic E-state index is 0.0254. The Morgan fingerprint density at radius 1 is 1.00 bits per heavy atom. The van der Waals surface area contributed by atoms with Crippen LogP contribution in [0.5, 0.6) is 0 Å². The van der Waals surface area contributed by atoms with E-state index in [0.717, 1.165) is 22.4 Å². The first-order valence-corrected chi connectivity index (χ1v) is 10.9. The summed E-state index contributed by atoms with van der Waals surface area (Å²) in [6.07, 6.45) is 1.76. The van der Waals surface area contributed by atoms with Crippen LogP contribution in [0.15, 0.2) is 59.2 Å². The van der Waals surface area contributed by atoms with Gasteiger partial charge in [-0.1, -0.05) is 30.3 Å². The zero-order chi connectivity index (χ0) is 22.5. The Bertz CT molecular complexity index is 1090. The highest BCUT2D eigenvalue weighted by Crippen LogP contribution is 2.19. The molecule has 32 heavy (non-hydrogen) atoms. The van der Waals surface area contributed by atoms with Crippen molar-refractivity contribution in [3.8, 4) is 11.5 Å². The predicted molar refractivity (Wildman–Crippen MR) is 123 cm³/mol. The minimum Gasteiger partial charge on any atom is -0.444 e. The van der Waals surface area contributed by atoms with Gasteiger partial charge in [0.05, 0.1) is 18.7 Å². The van der Waals surface area contributed by atoms with Gasteiger partial charge in [0.15, 0.2) is 0 Å². The van der Waals surface area contributed by atoms with Crippen LogP contribution >= 0.6 is 0 Å². The summed E-state index contributed by atoms with van der Waals surface area (Å²) in [5.41, 5.74) is 4.60. The van der Waals surface area contributed by atoms with Gasteiger partial charge in [-0.15, -0.1) is 0 Å². The molecule has 0 aliphatic carbocycles. The average Bonchev–Trinajstić information content (AvgIpc) is 3.26. The van der Waals surface area contributed by atoms with Crippen LogP contribution in [-0.2, 0) is 16.0 Å². The molecule has 4 rings (SSSR count). The third kappa shape index (κ3) is 5.23. The molecule has 2 heterocycles. The second-order valence-electron chi connectivity index (χ2n) is 8.14. The van der Waals surface area contributed by atoms with Crippen molar-refractivity contribution in [2.24, 2.45) is 0 Å². The number of nitrogens with zero attached hydrogens (tertiary/aromatic N) is 3. The van der Waals surface area contributed by atoms with Gasteiger partial charge in [0.2, 0.25) is 17.7 Å². The Balaban J connectivity index is 1.24. The summed E-state index contributed by atoms with van der Waals surface area (Å²) in [6, 6.07) is 15.5. The SMILES string of the molecule is Cc1cccc(NC(=O)CN2CCN(C(=O)Cc3coc(-c4ccccc4)n3)CC2)c1C. The van der Waals surface area contributed by atoms with Crippen molar-refractivity contribution < 1.29 is 14.0 Å². The number of carbonyl (C=O) groups excluding carboxylic acids is 2. The Labute approximate surface area is 188 Å². The number of aryl methyl sites for hydroxylation is 1. The molecule has 7 heteroatoms. The number of amides is 2. The molecule has 2 aromatic carbocycles. The van der Waals surface area contributed by atoms with Gasteiger partial charge in [-0.2, -0.15) is 0 Å². The number of nitrogens with one attached hydrogen (secondary N) is 1. The average molecular weight is 433 g/mol. The molecule has 0 saturated carbocycles.